The molecule has 1 saturated carbocycles. The highest BCUT2D eigenvalue weighted by Gasteiger charge is 2.45. The molecule has 0 unspecified atom stereocenters. The number of halogens is 1. The van der Waals surface area contributed by atoms with Crippen LogP contribution in [-0.4, -0.2) is 18.2 Å². The van der Waals surface area contributed by atoms with Gasteiger partial charge in [-0.15, -0.1) is 0 Å². The fourth-order valence-electron chi connectivity index (χ4n) is 2.98. The average Bonchev–Trinajstić information content (AvgIpc) is 2.86. The van der Waals surface area contributed by atoms with Gasteiger partial charge in [-0.3, -0.25) is 4.79 Å². The van der Waals surface area contributed by atoms with Crippen LogP contribution in [0.1, 0.15) is 42.4 Å². The van der Waals surface area contributed by atoms with E-state index in [1.165, 1.54) is 0 Å². The second-order valence-corrected chi connectivity index (χ2v) is 6.10. The summed E-state index contributed by atoms with van der Waals surface area (Å²) in [6, 6.07) is 1.98. The molecule has 0 bridgehead atoms. The second kappa shape index (κ2) is 5.16. The van der Waals surface area contributed by atoms with Gasteiger partial charge in [-0.25, -0.2) is 0 Å². The Balaban J connectivity index is 2.70. The molecule has 1 fully saturated rings. The molecule has 0 heterocycles. The third kappa shape index (κ3) is 2.16. The zero-order valence-corrected chi connectivity index (χ0v) is 13.1. The maximum absolute atomic E-state index is 11.8. The Hall–Kier alpha value is -1.03. The Bertz CT molecular complexity index is 517. The van der Waals surface area contributed by atoms with Gasteiger partial charge in [-0.2, -0.15) is 0 Å². The molecule has 0 amide bonds. The van der Waals surface area contributed by atoms with Crippen LogP contribution in [0.5, 0.6) is 5.75 Å². The quantitative estimate of drug-likeness (QED) is 0.914. The van der Waals surface area contributed by atoms with Gasteiger partial charge in [0.2, 0.25) is 0 Å². The van der Waals surface area contributed by atoms with Gasteiger partial charge in [-0.1, -0.05) is 18.9 Å². The number of ether oxygens (including phenoxy) is 1. The van der Waals surface area contributed by atoms with E-state index in [2.05, 4.69) is 15.9 Å². The van der Waals surface area contributed by atoms with E-state index in [9.17, 15) is 9.90 Å². The highest BCUT2D eigenvalue weighted by Crippen LogP contribution is 2.48. The fraction of sp³-hybridized carbons (Fsp3) is 0.533. The predicted octanol–water partition coefficient (Wildman–Crippen LogP) is 3.97. The summed E-state index contributed by atoms with van der Waals surface area (Å²) in [5.74, 6) is -0.0640. The van der Waals surface area contributed by atoms with Crippen LogP contribution < -0.4 is 4.74 Å². The molecule has 3 nitrogen and oxygen atoms in total. The Kier molecular flexibility index (Phi) is 3.90. The van der Waals surface area contributed by atoms with Crippen molar-refractivity contribution in [1.82, 2.24) is 0 Å². The van der Waals surface area contributed by atoms with Crippen LogP contribution in [0.15, 0.2) is 10.5 Å². The standard InChI is InChI=1S/C15H19BrO3/c1-9-8-11(13(19-3)12(16)10(9)2)15(14(17)18)6-4-5-7-15/h8H,4-7H2,1-3H3,(H,17,18). The first kappa shape index (κ1) is 14.4. The summed E-state index contributed by atoms with van der Waals surface area (Å²) in [7, 11) is 1.60. The molecule has 1 aliphatic carbocycles. The van der Waals surface area contributed by atoms with Gasteiger partial charge in [0.15, 0.2) is 0 Å². The largest absolute Gasteiger partial charge is 0.495 e. The number of carbonyl (C=O) groups is 1. The number of carboxylic acid groups (broad SMARTS) is 1. The lowest BCUT2D eigenvalue weighted by atomic mass is 9.77. The van der Waals surface area contributed by atoms with Gasteiger partial charge in [-0.05, 0) is 53.7 Å². The van der Waals surface area contributed by atoms with Crippen LogP contribution in [-0.2, 0) is 10.2 Å². The summed E-state index contributed by atoms with van der Waals surface area (Å²) in [5, 5.41) is 9.72. The summed E-state index contributed by atoms with van der Waals surface area (Å²) in [6.07, 6.45) is 3.29. The molecule has 1 N–H and O–H groups in total. The molecule has 0 spiro atoms. The van der Waals surface area contributed by atoms with E-state index in [0.29, 0.717) is 18.6 Å². The second-order valence-electron chi connectivity index (χ2n) is 5.31. The van der Waals surface area contributed by atoms with Crippen molar-refractivity contribution in [3.8, 4) is 5.75 Å². The van der Waals surface area contributed by atoms with Crippen molar-refractivity contribution in [1.29, 1.82) is 0 Å². The molecule has 0 saturated heterocycles. The van der Waals surface area contributed by atoms with Crippen molar-refractivity contribution in [2.45, 2.75) is 44.9 Å². The van der Waals surface area contributed by atoms with E-state index >= 15 is 0 Å². The molecule has 0 radical (unpaired) electrons. The minimum atomic E-state index is -0.785. The molecule has 1 aromatic carbocycles. The topological polar surface area (TPSA) is 46.5 Å². The Morgan fingerprint density at radius 3 is 2.42 bits per heavy atom. The molecule has 0 aliphatic heterocycles. The van der Waals surface area contributed by atoms with Crippen LogP contribution in [0.2, 0.25) is 0 Å². The van der Waals surface area contributed by atoms with Crippen LogP contribution in [0.3, 0.4) is 0 Å². The van der Waals surface area contributed by atoms with Gasteiger partial charge in [0.1, 0.15) is 5.75 Å². The normalized spacial score (nSPS) is 17.5. The first-order valence-corrected chi connectivity index (χ1v) is 7.31. The Morgan fingerprint density at radius 2 is 1.95 bits per heavy atom. The molecular formula is C15H19BrO3. The third-order valence-electron chi connectivity index (χ3n) is 4.31. The lowest BCUT2D eigenvalue weighted by Gasteiger charge is -2.28. The van der Waals surface area contributed by atoms with E-state index in [-0.39, 0.29) is 0 Å². The van der Waals surface area contributed by atoms with E-state index in [1.807, 2.05) is 19.9 Å². The molecular weight excluding hydrogens is 308 g/mol. The van der Waals surface area contributed by atoms with Crippen molar-refractivity contribution >= 4 is 21.9 Å². The first-order valence-electron chi connectivity index (χ1n) is 6.51. The fourth-order valence-corrected chi connectivity index (χ4v) is 3.67. The monoisotopic (exact) mass is 326 g/mol. The van der Waals surface area contributed by atoms with E-state index in [0.717, 1.165) is 34.0 Å². The molecule has 4 heteroatoms. The number of hydrogen-bond acceptors (Lipinski definition) is 2. The number of aliphatic carboxylic acids is 1. The number of aryl methyl sites for hydroxylation is 1. The summed E-state index contributed by atoms with van der Waals surface area (Å²) < 4.78 is 6.36. The van der Waals surface area contributed by atoms with Crippen molar-refractivity contribution in [3.63, 3.8) is 0 Å². The van der Waals surface area contributed by atoms with Crippen molar-refractivity contribution in [3.05, 3.63) is 27.2 Å². The number of hydrogen-bond donors (Lipinski definition) is 1. The van der Waals surface area contributed by atoms with Gasteiger partial charge in [0.25, 0.3) is 0 Å². The van der Waals surface area contributed by atoms with Crippen LogP contribution in [0.25, 0.3) is 0 Å². The summed E-state index contributed by atoms with van der Waals surface area (Å²) in [6.45, 7) is 4.02. The molecule has 104 valence electrons. The lowest BCUT2D eigenvalue weighted by molar-refractivity contribution is -0.143. The summed E-state index contributed by atoms with van der Waals surface area (Å²) in [5.41, 5.74) is 2.22. The maximum Gasteiger partial charge on any atom is 0.314 e. The smallest absolute Gasteiger partial charge is 0.314 e. The molecule has 1 aliphatic rings. The number of methoxy groups -OCH3 is 1. The molecule has 0 aromatic heterocycles. The molecule has 19 heavy (non-hydrogen) atoms. The van der Waals surface area contributed by atoms with Crippen molar-refractivity contribution in [2.75, 3.05) is 7.11 Å². The van der Waals surface area contributed by atoms with Crippen molar-refractivity contribution < 1.29 is 14.6 Å². The highest BCUT2D eigenvalue weighted by molar-refractivity contribution is 9.10. The first-order chi connectivity index (χ1) is 8.94. The zero-order chi connectivity index (χ0) is 14.2. The van der Waals surface area contributed by atoms with E-state index < -0.39 is 11.4 Å². The third-order valence-corrected chi connectivity index (χ3v) is 5.27. The van der Waals surface area contributed by atoms with Gasteiger partial charge >= 0.3 is 5.97 Å². The zero-order valence-electron chi connectivity index (χ0n) is 11.5. The Morgan fingerprint density at radius 1 is 1.37 bits per heavy atom. The summed E-state index contributed by atoms with van der Waals surface area (Å²) in [4.78, 5) is 11.8. The molecule has 1 aromatic rings. The average molecular weight is 327 g/mol. The highest BCUT2D eigenvalue weighted by atomic mass is 79.9. The van der Waals surface area contributed by atoms with Crippen LogP contribution in [0.4, 0.5) is 0 Å². The van der Waals surface area contributed by atoms with Crippen LogP contribution in [0, 0.1) is 13.8 Å². The number of carboxylic acids is 1. The molecule has 2 rings (SSSR count). The van der Waals surface area contributed by atoms with Crippen LogP contribution >= 0.6 is 15.9 Å². The number of rotatable bonds is 3. The Labute approximate surface area is 122 Å². The lowest BCUT2D eigenvalue weighted by Crippen LogP contribution is -2.33. The molecule has 0 atom stereocenters. The van der Waals surface area contributed by atoms with Crippen molar-refractivity contribution in [2.24, 2.45) is 0 Å². The number of benzene rings is 1. The predicted molar refractivity (Wildman–Crippen MR) is 77.9 cm³/mol. The van der Waals surface area contributed by atoms with E-state index in [4.69, 9.17) is 4.74 Å². The minimum absolute atomic E-state index is 0.674. The van der Waals surface area contributed by atoms with Gasteiger partial charge < -0.3 is 9.84 Å². The van der Waals surface area contributed by atoms with E-state index in [1.54, 1.807) is 7.11 Å². The SMILES string of the molecule is COc1c(C2(C(=O)O)CCCC2)cc(C)c(C)c1Br. The maximum atomic E-state index is 11.8. The minimum Gasteiger partial charge on any atom is -0.495 e. The van der Waals surface area contributed by atoms with Gasteiger partial charge in [0.05, 0.1) is 17.0 Å². The summed E-state index contributed by atoms with van der Waals surface area (Å²) >= 11 is 3.54. The van der Waals surface area contributed by atoms with Gasteiger partial charge in [0, 0.05) is 5.56 Å².